The second-order valence-electron chi connectivity index (χ2n) is 4.74. The number of aryl methyl sites for hydroxylation is 1. The van der Waals surface area contributed by atoms with Gasteiger partial charge in [0.2, 0.25) is 0 Å². The molecule has 1 atom stereocenters. The molecule has 0 saturated carbocycles. The molecule has 1 nitrogen and oxygen atoms in total. The van der Waals surface area contributed by atoms with Crippen molar-refractivity contribution in [3.05, 3.63) is 59.2 Å². The van der Waals surface area contributed by atoms with Crippen LogP contribution in [0, 0.1) is 6.92 Å². The summed E-state index contributed by atoms with van der Waals surface area (Å²) in [5.74, 6) is 0. The number of hydrogen-bond acceptors (Lipinski definition) is 1. The predicted octanol–water partition coefficient (Wildman–Crippen LogP) is 3.64. The van der Waals surface area contributed by atoms with Crippen LogP contribution in [0.25, 0.3) is 11.1 Å². The van der Waals surface area contributed by atoms with E-state index in [-0.39, 0.29) is 6.10 Å². The largest absolute Gasteiger partial charge is 0.388 e. The van der Waals surface area contributed by atoms with E-state index in [1.165, 1.54) is 22.3 Å². The van der Waals surface area contributed by atoms with E-state index in [2.05, 4.69) is 49.4 Å². The van der Waals surface area contributed by atoms with Crippen molar-refractivity contribution in [2.75, 3.05) is 0 Å². The van der Waals surface area contributed by atoms with Gasteiger partial charge >= 0.3 is 0 Å². The number of fused-ring (bicyclic) bond motifs is 1. The van der Waals surface area contributed by atoms with Crippen molar-refractivity contribution in [1.29, 1.82) is 0 Å². The Balaban J connectivity index is 2.20. The van der Waals surface area contributed by atoms with Crippen LogP contribution in [0.15, 0.2) is 42.5 Å². The summed E-state index contributed by atoms with van der Waals surface area (Å²) in [7, 11) is 0. The minimum absolute atomic E-state index is 0.269. The van der Waals surface area contributed by atoms with Crippen LogP contribution < -0.4 is 0 Å². The zero-order valence-electron chi connectivity index (χ0n) is 9.98. The van der Waals surface area contributed by atoms with Crippen LogP contribution in [-0.4, -0.2) is 5.11 Å². The molecule has 1 heteroatoms. The van der Waals surface area contributed by atoms with Crippen molar-refractivity contribution in [3.8, 4) is 11.1 Å². The normalized spacial score (nSPS) is 18.1. The Labute approximate surface area is 102 Å². The first-order valence-corrected chi connectivity index (χ1v) is 6.13. The van der Waals surface area contributed by atoms with E-state index in [9.17, 15) is 5.11 Å². The fourth-order valence-electron chi connectivity index (χ4n) is 2.76. The zero-order chi connectivity index (χ0) is 11.8. The molecule has 1 aliphatic carbocycles. The monoisotopic (exact) mass is 224 g/mol. The highest BCUT2D eigenvalue weighted by Crippen LogP contribution is 2.38. The summed E-state index contributed by atoms with van der Waals surface area (Å²) in [5, 5.41) is 9.92. The lowest BCUT2D eigenvalue weighted by atomic mass is 9.94. The fourth-order valence-corrected chi connectivity index (χ4v) is 2.76. The van der Waals surface area contributed by atoms with Crippen molar-refractivity contribution < 1.29 is 5.11 Å². The zero-order valence-corrected chi connectivity index (χ0v) is 9.98. The van der Waals surface area contributed by atoms with Gasteiger partial charge in [0.25, 0.3) is 0 Å². The van der Waals surface area contributed by atoms with E-state index in [0.717, 1.165) is 18.4 Å². The molecular formula is C16H16O. The summed E-state index contributed by atoms with van der Waals surface area (Å²) in [6, 6.07) is 14.7. The molecule has 0 fully saturated rings. The summed E-state index contributed by atoms with van der Waals surface area (Å²) in [6.07, 6.45) is 1.58. The van der Waals surface area contributed by atoms with Gasteiger partial charge in [0.1, 0.15) is 0 Å². The molecule has 1 N–H and O–H groups in total. The van der Waals surface area contributed by atoms with Crippen LogP contribution in [0.1, 0.15) is 29.2 Å². The molecule has 3 rings (SSSR count). The number of aliphatic hydroxyl groups excluding tert-OH is 1. The molecule has 1 aliphatic rings. The van der Waals surface area contributed by atoms with E-state index in [4.69, 9.17) is 0 Å². The number of hydrogen-bond donors (Lipinski definition) is 1. The van der Waals surface area contributed by atoms with Crippen molar-refractivity contribution >= 4 is 0 Å². The Kier molecular flexibility index (Phi) is 2.49. The first-order chi connectivity index (χ1) is 8.27. The van der Waals surface area contributed by atoms with Crippen molar-refractivity contribution in [2.24, 2.45) is 0 Å². The van der Waals surface area contributed by atoms with E-state index >= 15 is 0 Å². The van der Waals surface area contributed by atoms with Gasteiger partial charge in [-0.2, -0.15) is 0 Å². The molecular weight excluding hydrogens is 208 g/mol. The third kappa shape index (κ3) is 1.67. The van der Waals surface area contributed by atoms with Crippen molar-refractivity contribution in [2.45, 2.75) is 25.9 Å². The first-order valence-electron chi connectivity index (χ1n) is 6.13. The summed E-state index contributed by atoms with van der Waals surface area (Å²) >= 11 is 0. The number of benzene rings is 2. The van der Waals surface area contributed by atoms with Crippen LogP contribution in [0.4, 0.5) is 0 Å². The lowest BCUT2D eigenvalue weighted by Gasteiger charge is -2.11. The third-order valence-electron chi connectivity index (χ3n) is 3.67. The van der Waals surface area contributed by atoms with Gasteiger partial charge < -0.3 is 5.11 Å². The van der Waals surface area contributed by atoms with Gasteiger partial charge in [0.15, 0.2) is 0 Å². The van der Waals surface area contributed by atoms with E-state index in [1.54, 1.807) is 0 Å². The molecule has 0 bridgehead atoms. The Hall–Kier alpha value is -1.60. The Morgan fingerprint density at radius 3 is 2.59 bits per heavy atom. The topological polar surface area (TPSA) is 20.2 Å². The minimum Gasteiger partial charge on any atom is -0.388 e. The van der Waals surface area contributed by atoms with Crippen LogP contribution in [0.3, 0.4) is 0 Å². The molecule has 0 saturated heterocycles. The summed E-state index contributed by atoms with van der Waals surface area (Å²) < 4.78 is 0. The van der Waals surface area contributed by atoms with Crippen LogP contribution in [-0.2, 0) is 6.42 Å². The highest BCUT2D eigenvalue weighted by atomic mass is 16.3. The molecule has 0 aliphatic heterocycles. The number of rotatable bonds is 1. The van der Waals surface area contributed by atoms with Gasteiger partial charge in [-0.05, 0) is 47.6 Å². The minimum atomic E-state index is -0.269. The highest BCUT2D eigenvalue weighted by Gasteiger charge is 2.22. The van der Waals surface area contributed by atoms with Gasteiger partial charge in [0, 0.05) is 0 Å². The van der Waals surface area contributed by atoms with Gasteiger partial charge in [0.05, 0.1) is 6.10 Å². The van der Waals surface area contributed by atoms with Crippen molar-refractivity contribution in [3.63, 3.8) is 0 Å². The van der Waals surface area contributed by atoms with Gasteiger partial charge in [-0.25, -0.2) is 0 Å². The van der Waals surface area contributed by atoms with Crippen LogP contribution >= 0.6 is 0 Å². The Morgan fingerprint density at radius 2 is 1.76 bits per heavy atom. The number of aliphatic hydroxyl groups is 1. The lowest BCUT2D eigenvalue weighted by Crippen LogP contribution is -1.92. The van der Waals surface area contributed by atoms with Crippen molar-refractivity contribution in [1.82, 2.24) is 0 Å². The maximum absolute atomic E-state index is 9.92. The average molecular weight is 224 g/mol. The standard InChI is InChI=1S/C16H16O/c1-11-5-2-3-6-12(11)13-7-4-8-15-14(13)9-10-16(15)17/h2-8,16-17H,9-10H2,1H3. The van der Waals surface area contributed by atoms with E-state index in [1.807, 2.05) is 0 Å². The summed E-state index contributed by atoms with van der Waals surface area (Å²) in [4.78, 5) is 0. The summed E-state index contributed by atoms with van der Waals surface area (Å²) in [5.41, 5.74) is 6.32. The van der Waals surface area contributed by atoms with Gasteiger partial charge in [-0.15, -0.1) is 0 Å². The SMILES string of the molecule is Cc1ccccc1-c1cccc2c1CCC2O. The molecule has 0 spiro atoms. The third-order valence-corrected chi connectivity index (χ3v) is 3.67. The quantitative estimate of drug-likeness (QED) is 0.784. The second kappa shape index (κ2) is 4.01. The molecule has 1 unspecified atom stereocenters. The molecule has 2 aromatic rings. The van der Waals surface area contributed by atoms with E-state index in [0.29, 0.717) is 0 Å². The molecule has 0 amide bonds. The Bertz CT molecular complexity index is 557. The van der Waals surface area contributed by atoms with Crippen LogP contribution in [0.5, 0.6) is 0 Å². The molecule has 0 heterocycles. The average Bonchev–Trinajstić information content (AvgIpc) is 2.72. The second-order valence-corrected chi connectivity index (χ2v) is 4.74. The lowest BCUT2D eigenvalue weighted by molar-refractivity contribution is 0.180. The fraction of sp³-hybridized carbons (Fsp3) is 0.250. The van der Waals surface area contributed by atoms with Gasteiger partial charge in [-0.1, -0.05) is 42.5 Å². The molecule has 0 radical (unpaired) electrons. The first kappa shape index (κ1) is 10.5. The Morgan fingerprint density at radius 1 is 1.00 bits per heavy atom. The van der Waals surface area contributed by atoms with Gasteiger partial charge in [-0.3, -0.25) is 0 Å². The maximum Gasteiger partial charge on any atom is 0.0796 e. The molecule has 17 heavy (non-hydrogen) atoms. The maximum atomic E-state index is 9.92. The van der Waals surface area contributed by atoms with E-state index < -0.39 is 0 Å². The highest BCUT2D eigenvalue weighted by molar-refractivity contribution is 5.72. The predicted molar refractivity (Wildman–Crippen MR) is 69.9 cm³/mol. The summed E-state index contributed by atoms with van der Waals surface area (Å²) in [6.45, 7) is 2.14. The van der Waals surface area contributed by atoms with Crippen LogP contribution in [0.2, 0.25) is 0 Å². The molecule has 0 aromatic heterocycles. The molecule has 86 valence electrons. The molecule has 2 aromatic carbocycles. The smallest absolute Gasteiger partial charge is 0.0796 e.